The first-order valence-corrected chi connectivity index (χ1v) is 9.74. The third-order valence-corrected chi connectivity index (χ3v) is 5.64. The number of hydrogen-bond donors (Lipinski definition) is 1. The molecule has 2 aromatic rings. The minimum Gasteiger partial charge on any atom is -0.507 e. The standard InChI is InChI=1S/C23H25NO4/c1-15-7-5-6-12-24(15)14-18-19(25)11-10-17-22(26)21(28-23(17)18)13-16-8-3-4-9-20(16)27-2/h3-4,8-11,13,15,25H,5-7,12,14H2,1-2H3. The summed E-state index contributed by atoms with van der Waals surface area (Å²) in [5, 5.41) is 10.5. The predicted molar refractivity (Wildman–Crippen MR) is 108 cm³/mol. The number of carbonyl (C=O) groups is 1. The van der Waals surface area contributed by atoms with Gasteiger partial charge in [-0.25, -0.2) is 0 Å². The Kier molecular flexibility index (Phi) is 5.09. The number of aromatic hydroxyl groups is 1. The highest BCUT2D eigenvalue weighted by Crippen LogP contribution is 2.41. The van der Waals surface area contributed by atoms with Gasteiger partial charge in [0.15, 0.2) is 5.76 Å². The molecule has 0 saturated carbocycles. The molecule has 1 fully saturated rings. The molecule has 1 atom stereocenters. The van der Waals surface area contributed by atoms with Gasteiger partial charge >= 0.3 is 0 Å². The normalized spacial score (nSPS) is 20.9. The van der Waals surface area contributed by atoms with Crippen LogP contribution in [-0.4, -0.2) is 35.5 Å². The molecule has 1 N–H and O–H groups in total. The van der Waals surface area contributed by atoms with Crippen LogP contribution in [0, 0.1) is 0 Å². The zero-order valence-corrected chi connectivity index (χ0v) is 16.3. The second-order valence-electron chi connectivity index (χ2n) is 7.44. The molecular weight excluding hydrogens is 354 g/mol. The molecule has 28 heavy (non-hydrogen) atoms. The predicted octanol–water partition coefficient (Wildman–Crippen LogP) is 4.39. The number of piperidine rings is 1. The largest absolute Gasteiger partial charge is 0.507 e. The SMILES string of the molecule is COc1ccccc1C=C1Oc2c(ccc(O)c2CN2CCCCC2C)C1=O. The molecule has 2 heterocycles. The number of nitrogens with zero attached hydrogens (tertiary/aromatic N) is 1. The van der Waals surface area contributed by atoms with Crippen molar-refractivity contribution in [2.24, 2.45) is 0 Å². The van der Waals surface area contributed by atoms with Gasteiger partial charge in [0.25, 0.3) is 0 Å². The van der Waals surface area contributed by atoms with Gasteiger partial charge in [-0.3, -0.25) is 9.69 Å². The number of ether oxygens (including phenoxy) is 2. The van der Waals surface area contributed by atoms with Gasteiger partial charge in [0.05, 0.1) is 18.2 Å². The van der Waals surface area contributed by atoms with Crippen molar-refractivity contribution in [2.75, 3.05) is 13.7 Å². The van der Waals surface area contributed by atoms with Crippen LogP contribution in [0.25, 0.3) is 6.08 Å². The molecule has 0 spiro atoms. The molecule has 0 amide bonds. The number of likely N-dealkylation sites (tertiary alicyclic amines) is 1. The monoisotopic (exact) mass is 379 g/mol. The smallest absolute Gasteiger partial charge is 0.231 e. The van der Waals surface area contributed by atoms with Gasteiger partial charge in [0.2, 0.25) is 5.78 Å². The number of fused-ring (bicyclic) bond motifs is 1. The molecule has 2 aliphatic rings. The van der Waals surface area contributed by atoms with Crippen LogP contribution in [-0.2, 0) is 6.54 Å². The molecule has 1 saturated heterocycles. The Hall–Kier alpha value is -2.79. The summed E-state index contributed by atoms with van der Waals surface area (Å²) < 4.78 is 11.3. The number of carbonyl (C=O) groups excluding carboxylic acids is 1. The van der Waals surface area contributed by atoms with Crippen LogP contribution in [0.15, 0.2) is 42.2 Å². The first kappa shape index (κ1) is 18.6. The second kappa shape index (κ2) is 7.68. The van der Waals surface area contributed by atoms with E-state index >= 15 is 0 Å². The fraction of sp³-hybridized carbons (Fsp3) is 0.348. The van der Waals surface area contributed by atoms with E-state index in [2.05, 4.69) is 11.8 Å². The second-order valence-corrected chi connectivity index (χ2v) is 7.44. The summed E-state index contributed by atoms with van der Waals surface area (Å²) in [5.41, 5.74) is 1.96. The average Bonchev–Trinajstić information content (AvgIpc) is 3.02. The van der Waals surface area contributed by atoms with E-state index in [4.69, 9.17) is 9.47 Å². The lowest BCUT2D eigenvalue weighted by Crippen LogP contribution is -2.36. The van der Waals surface area contributed by atoms with Crippen LogP contribution in [0.2, 0.25) is 0 Å². The van der Waals surface area contributed by atoms with Crippen molar-refractivity contribution in [2.45, 2.75) is 38.8 Å². The van der Waals surface area contributed by atoms with E-state index in [-0.39, 0.29) is 17.3 Å². The van der Waals surface area contributed by atoms with E-state index in [9.17, 15) is 9.90 Å². The molecule has 4 rings (SSSR count). The molecule has 2 aromatic carbocycles. The lowest BCUT2D eigenvalue weighted by atomic mass is 10.0. The maximum Gasteiger partial charge on any atom is 0.231 e. The highest BCUT2D eigenvalue weighted by Gasteiger charge is 2.32. The molecule has 2 aliphatic heterocycles. The summed E-state index contributed by atoms with van der Waals surface area (Å²) >= 11 is 0. The topological polar surface area (TPSA) is 59.0 Å². The van der Waals surface area contributed by atoms with Gasteiger partial charge in [-0.15, -0.1) is 0 Å². The van der Waals surface area contributed by atoms with Crippen molar-refractivity contribution in [3.05, 3.63) is 58.8 Å². The van der Waals surface area contributed by atoms with E-state index in [0.29, 0.717) is 35.2 Å². The van der Waals surface area contributed by atoms with Crippen molar-refractivity contribution in [3.8, 4) is 17.2 Å². The van der Waals surface area contributed by atoms with Crippen molar-refractivity contribution < 1.29 is 19.4 Å². The van der Waals surface area contributed by atoms with Crippen molar-refractivity contribution >= 4 is 11.9 Å². The molecule has 5 nitrogen and oxygen atoms in total. The number of allylic oxidation sites excluding steroid dienone is 1. The molecule has 1 unspecified atom stereocenters. The van der Waals surface area contributed by atoms with Gasteiger partial charge in [-0.2, -0.15) is 0 Å². The fourth-order valence-corrected chi connectivity index (χ4v) is 3.97. The van der Waals surface area contributed by atoms with E-state index < -0.39 is 0 Å². The van der Waals surface area contributed by atoms with E-state index in [1.807, 2.05) is 24.3 Å². The first-order chi connectivity index (χ1) is 13.6. The molecule has 0 radical (unpaired) electrons. The Morgan fingerprint density at radius 3 is 2.86 bits per heavy atom. The summed E-state index contributed by atoms with van der Waals surface area (Å²) in [7, 11) is 1.60. The van der Waals surface area contributed by atoms with Crippen LogP contribution in [0.5, 0.6) is 17.2 Å². The number of Topliss-reactive ketones (excluding diaryl/α,β-unsaturated/α-hetero) is 1. The van der Waals surface area contributed by atoms with Crippen molar-refractivity contribution in [3.63, 3.8) is 0 Å². The van der Waals surface area contributed by atoms with Crippen LogP contribution >= 0.6 is 0 Å². The number of para-hydroxylation sites is 1. The third-order valence-electron chi connectivity index (χ3n) is 5.64. The minimum atomic E-state index is -0.172. The average molecular weight is 379 g/mol. The Morgan fingerprint density at radius 2 is 2.07 bits per heavy atom. The number of rotatable bonds is 4. The number of methoxy groups -OCH3 is 1. The highest BCUT2D eigenvalue weighted by atomic mass is 16.5. The summed E-state index contributed by atoms with van der Waals surface area (Å²) in [6.45, 7) is 3.77. The van der Waals surface area contributed by atoms with Gasteiger partial charge in [-0.05, 0) is 50.6 Å². The third kappa shape index (κ3) is 3.38. The maximum atomic E-state index is 12.9. The van der Waals surface area contributed by atoms with E-state index in [1.54, 1.807) is 25.3 Å². The number of hydrogen-bond acceptors (Lipinski definition) is 5. The van der Waals surface area contributed by atoms with Gasteiger partial charge in [0.1, 0.15) is 17.2 Å². The lowest BCUT2D eigenvalue weighted by molar-refractivity contribution is 0.101. The van der Waals surface area contributed by atoms with Crippen LogP contribution in [0.3, 0.4) is 0 Å². The van der Waals surface area contributed by atoms with E-state index in [0.717, 1.165) is 24.9 Å². The van der Waals surface area contributed by atoms with Crippen LogP contribution in [0.1, 0.15) is 47.7 Å². The summed E-state index contributed by atoms with van der Waals surface area (Å²) in [6.07, 6.45) is 5.23. The van der Waals surface area contributed by atoms with Crippen LogP contribution < -0.4 is 9.47 Å². The zero-order valence-electron chi connectivity index (χ0n) is 16.3. The number of ketones is 1. The fourth-order valence-electron chi connectivity index (χ4n) is 3.97. The Balaban J connectivity index is 1.68. The minimum absolute atomic E-state index is 0.169. The van der Waals surface area contributed by atoms with E-state index in [1.165, 1.54) is 6.42 Å². The molecule has 0 bridgehead atoms. The Morgan fingerprint density at radius 1 is 1.25 bits per heavy atom. The quantitative estimate of drug-likeness (QED) is 0.799. The van der Waals surface area contributed by atoms with Crippen molar-refractivity contribution in [1.82, 2.24) is 4.90 Å². The molecule has 5 heteroatoms. The van der Waals surface area contributed by atoms with Gasteiger partial charge < -0.3 is 14.6 Å². The molecule has 146 valence electrons. The highest BCUT2D eigenvalue weighted by molar-refractivity contribution is 6.15. The summed E-state index contributed by atoms with van der Waals surface area (Å²) in [5.74, 6) is 1.39. The molecule has 0 aliphatic carbocycles. The maximum absolute atomic E-state index is 12.9. The van der Waals surface area contributed by atoms with Gasteiger partial charge in [-0.1, -0.05) is 24.6 Å². The number of benzene rings is 2. The Bertz CT molecular complexity index is 934. The number of phenolic OH excluding ortho intramolecular Hbond substituents is 1. The summed E-state index contributed by atoms with van der Waals surface area (Å²) in [6, 6.07) is 11.2. The van der Waals surface area contributed by atoms with Crippen molar-refractivity contribution in [1.29, 1.82) is 0 Å². The molecule has 0 aromatic heterocycles. The van der Waals surface area contributed by atoms with Crippen LogP contribution in [0.4, 0.5) is 0 Å². The Labute approximate surface area is 165 Å². The number of phenols is 1. The molecular formula is C23H25NO4. The van der Waals surface area contributed by atoms with Gasteiger partial charge in [0, 0.05) is 18.2 Å². The zero-order chi connectivity index (χ0) is 19.7. The first-order valence-electron chi connectivity index (χ1n) is 9.74. The lowest BCUT2D eigenvalue weighted by Gasteiger charge is -2.33. The summed E-state index contributed by atoms with van der Waals surface area (Å²) in [4.78, 5) is 15.2.